The summed E-state index contributed by atoms with van der Waals surface area (Å²) >= 11 is 3.38. The predicted octanol–water partition coefficient (Wildman–Crippen LogP) is 7.88. The molecule has 0 saturated heterocycles. The van der Waals surface area contributed by atoms with Gasteiger partial charge in [-0.15, -0.1) is 0 Å². The van der Waals surface area contributed by atoms with Gasteiger partial charge in [-0.1, -0.05) is 78.0 Å². The summed E-state index contributed by atoms with van der Waals surface area (Å²) in [5.41, 5.74) is 4.44. The van der Waals surface area contributed by atoms with E-state index < -0.39 is 0 Å². The average molecular weight is 630 g/mol. The Labute approximate surface area is 257 Å². The second-order valence-corrected chi connectivity index (χ2v) is 10.2. The van der Waals surface area contributed by atoms with Gasteiger partial charge < -0.3 is 9.68 Å². The number of halogens is 1. The fraction of sp³-hybridized carbons (Fsp3) is 0.0303. The van der Waals surface area contributed by atoms with Crippen LogP contribution in [0.3, 0.4) is 0 Å². The maximum atomic E-state index is 8.50. The van der Waals surface area contributed by atoms with E-state index in [4.69, 9.17) is 9.68 Å². The van der Waals surface area contributed by atoms with Crippen molar-refractivity contribution in [3.63, 3.8) is 0 Å². The van der Waals surface area contributed by atoms with E-state index in [1.54, 1.807) is 18.6 Å². The molecule has 0 bridgehead atoms. The number of rotatable bonds is 3. The topological polar surface area (TPSA) is 113 Å². The number of nitrogens with one attached hydrogen (secondary N) is 2. The summed E-state index contributed by atoms with van der Waals surface area (Å²) in [6, 6.07) is 28.3. The molecule has 43 heavy (non-hydrogen) atoms. The molecule has 0 aliphatic heterocycles. The first-order valence-corrected chi connectivity index (χ1v) is 13.8. The van der Waals surface area contributed by atoms with Crippen LogP contribution in [0.15, 0.2) is 127 Å². The predicted molar refractivity (Wildman–Crippen MR) is 178 cm³/mol. The summed E-state index contributed by atoms with van der Waals surface area (Å²) in [4.78, 5) is 8.31. The number of aromatic nitrogens is 6. The molecule has 1 radical (unpaired) electrons. The van der Waals surface area contributed by atoms with E-state index in [0.29, 0.717) is 13.4 Å². The summed E-state index contributed by atoms with van der Waals surface area (Å²) in [6.07, 6.45) is 10.8. The minimum atomic E-state index is 0. The third-order valence-electron chi connectivity index (χ3n) is 6.63. The molecule has 0 saturated carbocycles. The Kier molecular flexibility index (Phi) is 9.41. The number of benzene rings is 4. The molecule has 4 heterocycles. The number of fused-ring (bicyclic) bond motifs is 4. The third-order valence-corrected chi connectivity index (χ3v) is 7.13. The van der Waals surface area contributed by atoms with E-state index in [0.717, 1.165) is 48.0 Å². The second-order valence-electron chi connectivity index (χ2n) is 9.26. The molecule has 0 aliphatic carbocycles. The Morgan fingerprint density at radius 3 is 1.95 bits per heavy atom. The van der Waals surface area contributed by atoms with Gasteiger partial charge in [0.05, 0.1) is 29.6 Å². The number of aromatic amines is 2. The van der Waals surface area contributed by atoms with Crippen LogP contribution in [0, 0.1) is 0 Å². The third kappa shape index (κ3) is 6.72. The molecule has 0 atom stereocenters. The van der Waals surface area contributed by atoms with Crippen LogP contribution in [0.4, 0.5) is 0 Å². The lowest BCUT2D eigenvalue weighted by Crippen LogP contribution is -2.00. The van der Waals surface area contributed by atoms with Crippen molar-refractivity contribution < 1.29 is 9.68 Å². The summed E-state index contributed by atoms with van der Waals surface area (Å²) in [7, 11) is 0.656. The van der Waals surface area contributed by atoms with Crippen LogP contribution < -0.4 is 4.65 Å². The van der Waals surface area contributed by atoms with Crippen LogP contribution in [0.2, 0.25) is 0 Å². The summed E-state index contributed by atoms with van der Waals surface area (Å²) in [5, 5.41) is 28.9. The molecular weight excluding hydrogens is 603 g/mol. The highest BCUT2D eigenvalue weighted by molar-refractivity contribution is 9.10. The van der Waals surface area contributed by atoms with Crippen molar-refractivity contribution in [3.05, 3.63) is 127 Å². The van der Waals surface area contributed by atoms with E-state index in [-0.39, 0.29) is 7.43 Å². The molecule has 0 aliphatic rings. The van der Waals surface area contributed by atoms with Gasteiger partial charge >= 0.3 is 7.69 Å². The molecule has 4 aromatic carbocycles. The second kappa shape index (κ2) is 13.7. The molecule has 4 aromatic heterocycles. The maximum absolute atomic E-state index is 8.50. The summed E-state index contributed by atoms with van der Waals surface area (Å²) in [5.74, 6) is 0.556. The van der Waals surface area contributed by atoms with Gasteiger partial charge in [0.2, 0.25) is 0 Å². The lowest BCUT2D eigenvalue weighted by Gasteiger charge is -2.06. The fourth-order valence-corrected chi connectivity index (χ4v) is 4.99. The van der Waals surface area contributed by atoms with Crippen LogP contribution in [0.1, 0.15) is 7.43 Å². The van der Waals surface area contributed by atoms with Gasteiger partial charge in [-0.05, 0) is 41.3 Å². The molecule has 211 valence electrons. The zero-order valence-electron chi connectivity index (χ0n) is 22.1. The van der Waals surface area contributed by atoms with E-state index in [9.17, 15) is 0 Å². The van der Waals surface area contributed by atoms with Crippen molar-refractivity contribution in [3.8, 4) is 16.9 Å². The van der Waals surface area contributed by atoms with Gasteiger partial charge in [-0.2, -0.15) is 10.2 Å². The van der Waals surface area contributed by atoms with Crippen LogP contribution in [-0.4, -0.2) is 43.1 Å². The number of H-pyrrole nitrogens is 2. The normalized spacial score (nSPS) is 10.4. The average Bonchev–Trinajstić information content (AvgIpc) is 3.71. The lowest BCUT2D eigenvalue weighted by molar-refractivity contribution is 0.455. The first kappa shape index (κ1) is 29.4. The van der Waals surface area contributed by atoms with Crippen molar-refractivity contribution >= 4 is 67.0 Å². The molecule has 3 N–H and O–H groups in total. The van der Waals surface area contributed by atoms with Crippen LogP contribution in [0.25, 0.3) is 54.5 Å². The van der Waals surface area contributed by atoms with Crippen molar-refractivity contribution in [2.45, 2.75) is 7.43 Å². The minimum absolute atomic E-state index is 0. The molecule has 8 aromatic rings. The van der Waals surface area contributed by atoms with Crippen molar-refractivity contribution in [2.24, 2.45) is 0 Å². The standard InChI is InChI=1S/C16H11N3.C9H7BNO2.C7H5BrN2.CH4/c1-2-4-14-12(3-1)8-17-10-15(14)11-5-6-16-13(7-11)9-18-19-16;12-10-13-9-6-11-5-7-3-1-2-4-8(7)9;8-6-1-2-7-5(3-6)4-9-10-7;/h1-10H,(H,18,19);1-6,12H;1-4H,(H,9,10);1H4. The molecule has 0 unspecified atom stereocenters. The Morgan fingerprint density at radius 2 is 1.23 bits per heavy atom. The first-order chi connectivity index (χ1) is 20.7. The highest BCUT2D eigenvalue weighted by atomic mass is 79.9. The van der Waals surface area contributed by atoms with Gasteiger partial charge in [0.1, 0.15) is 5.75 Å². The van der Waals surface area contributed by atoms with Crippen LogP contribution >= 0.6 is 15.9 Å². The SMILES string of the molecule is Brc1ccc2[nH]ncc2c1.C.O[B]Oc1cncc2ccccc12.c1ccc2c(-c3ccc4[nH]ncc4c3)cncc2c1. The fourth-order valence-electron chi connectivity index (χ4n) is 4.61. The van der Waals surface area contributed by atoms with E-state index in [1.165, 1.54) is 10.9 Å². The highest BCUT2D eigenvalue weighted by Crippen LogP contribution is 2.29. The number of hydrogen-bond acceptors (Lipinski definition) is 6. The van der Waals surface area contributed by atoms with Crippen molar-refractivity contribution in [2.75, 3.05) is 0 Å². The van der Waals surface area contributed by atoms with Gasteiger partial charge in [-0.25, -0.2) is 0 Å². The Morgan fingerprint density at radius 1 is 0.628 bits per heavy atom. The van der Waals surface area contributed by atoms with Gasteiger partial charge in [0.15, 0.2) is 0 Å². The molecule has 0 fully saturated rings. The van der Waals surface area contributed by atoms with E-state index >= 15 is 0 Å². The van der Waals surface area contributed by atoms with E-state index in [1.807, 2.05) is 67.1 Å². The quantitative estimate of drug-likeness (QED) is 0.171. The number of hydrogen-bond donors (Lipinski definition) is 3. The zero-order chi connectivity index (χ0) is 28.7. The van der Waals surface area contributed by atoms with Crippen LogP contribution in [-0.2, 0) is 0 Å². The Bertz CT molecular complexity index is 2100. The number of pyridine rings is 2. The minimum Gasteiger partial charge on any atom is -0.536 e. The Hall–Kier alpha value is -5.06. The van der Waals surface area contributed by atoms with Crippen molar-refractivity contribution in [1.82, 2.24) is 30.4 Å². The van der Waals surface area contributed by atoms with E-state index in [2.05, 4.69) is 82.7 Å². The molecule has 10 heteroatoms. The molecule has 8 rings (SSSR count). The maximum Gasteiger partial charge on any atom is 0.569 e. The lowest BCUT2D eigenvalue weighted by atomic mass is 10.0. The summed E-state index contributed by atoms with van der Waals surface area (Å²) in [6.45, 7) is 0. The monoisotopic (exact) mass is 629 g/mol. The first-order valence-electron chi connectivity index (χ1n) is 13.0. The largest absolute Gasteiger partial charge is 0.569 e. The molecular formula is C33H27BBrN6O2. The number of nitrogens with zero attached hydrogens (tertiary/aromatic N) is 4. The molecule has 8 nitrogen and oxygen atoms in total. The van der Waals surface area contributed by atoms with Gasteiger partial charge in [0.25, 0.3) is 0 Å². The Balaban J connectivity index is 0.000000134. The van der Waals surface area contributed by atoms with Gasteiger partial charge in [0, 0.05) is 55.6 Å². The molecule has 0 spiro atoms. The summed E-state index contributed by atoms with van der Waals surface area (Å²) < 4.78 is 5.97. The zero-order valence-corrected chi connectivity index (χ0v) is 23.7. The smallest absolute Gasteiger partial charge is 0.536 e. The van der Waals surface area contributed by atoms with Gasteiger partial charge in [-0.3, -0.25) is 20.2 Å². The van der Waals surface area contributed by atoms with Crippen molar-refractivity contribution in [1.29, 1.82) is 0 Å². The van der Waals surface area contributed by atoms with Crippen LogP contribution in [0.5, 0.6) is 5.75 Å². The molecule has 0 amide bonds. The highest BCUT2D eigenvalue weighted by Gasteiger charge is 2.06.